The zero-order valence-corrected chi connectivity index (χ0v) is 41.1. The maximum Gasteiger partial charge on any atom is 0.271 e. The van der Waals surface area contributed by atoms with Gasteiger partial charge in [-0.15, -0.1) is 0 Å². The number of halogens is 3. The fourth-order valence-electron chi connectivity index (χ4n) is 8.00. The van der Waals surface area contributed by atoms with Crippen molar-refractivity contribution in [2.24, 2.45) is 0 Å². The van der Waals surface area contributed by atoms with Gasteiger partial charge in [0.05, 0.1) is 26.2 Å². The summed E-state index contributed by atoms with van der Waals surface area (Å²) in [6.07, 6.45) is 35.5. The number of hydrogen-bond donors (Lipinski definition) is 3. The molecule has 2 saturated carbocycles. The Labute approximate surface area is 410 Å². The van der Waals surface area contributed by atoms with Gasteiger partial charge in [-0.05, 0) is 115 Å². The molecule has 3 N–H and O–H groups in total. The molecule has 6 rings (SSSR count). The van der Waals surface area contributed by atoms with Crippen LogP contribution >= 0.6 is 34.8 Å². The van der Waals surface area contributed by atoms with Crippen LogP contribution in [-0.2, 0) is 17.0 Å². The molecule has 13 heteroatoms. The quantitative estimate of drug-likeness (QED) is 0.0422. The van der Waals surface area contributed by atoms with E-state index in [0.717, 1.165) is 68.4 Å². The van der Waals surface area contributed by atoms with Crippen molar-refractivity contribution < 1.29 is 24.0 Å². The monoisotopic (exact) mass is 967 g/mol. The third kappa shape index (κ3) is 14.9. The molecule has 2 fully saturated rings. The van der Waals surface area contributed by atoms with E-state index in [-0.39, 0.29) is 42.8 Å². The van der Waals surface area contributed by atoms with E-state index in [1.165, 1.54) is 0 Å². The molecule has 0 radical (unpaired) electrons. The van der Waals surface area contributed by atoms with Crippen LogP contribution in [-0.4, -0.2) is 44.9 Å². The number of aliphatic hydroxyl groups is 1. The van der Waals surface area contributed by atoms with Gasteiger partial charge in [-0.2, -0.15) is 5.10 Å². The molecular weight excluding hydrogens is 905 g/mol. The summed E-state index contributed by atoms with van der Waals surface area (Å²) in [6.45, 7) is 6.91. The third-order valence-electron chi connectivity index (χ3n) is 11.7. The maximum atomic E-state index is 13.2. The standard InChI is InChI=1S/C54H64Cl3N5O5/c1-4-5-6-7-8-9-10-11-12-13-14-15-16-17-18-19-20-21-22-26-49(63)58-31-32-59-53(64)47-34-48(62(60-47)38(2)3)40-35-54(65,36-40)43-30-29-41(33-46(43)57)66-37-42-51(61-67-52(42)39-27-28-39)50-44(55)24-23-25-45(50)56/h5-6,8-9,11-12,14-15,17-18,20-21,23-25,29-30,33-34,38-40,65H,4,7,10,13,16,19,22,26-28,31-32,35-37H2,1-3H3,(H,58,63)(H,59,64). The molecule has 2 heterocycles. The number of hydrogen-bond acceptors (Lipinski definition) is 7. The van der Waals surface area contributed by atoms with Crippen molar-refractivity contribution in [3.05, 3.63) is 159 Å². The van der Waals surface area contributed by atoms with Crippen LogP contribution in [0.2, 0.25) is 15.1 Å². The number of carbonyl (C=O) groups is 2. The number of rotatable bonds is 26. The highest BCUT2D eigenvalue weighted by Crippen LogP contribution is 2.53. The number of carbonyl (C=O) groups excluding carboxylic acids is 2. The zero-order valence-electron chi connectivity index (χ0n) is 38.9. The summed E-state index contributed by atoms with van der Waals surface area (Å²) in [4.78, 5) is 25.6. The molecule has 0 atom stereocenters. The van der Waals surface area contributed by atoms with Crippen molar-refractivity contribution in [3.63, 3.8) is 0 Å². The van der Waals surface area contributed by atoms with Crippen LogP contribution in [0.1, 0.15) is 149 Å². The van der Waals surface area contributed by atoms with E-state index in [1.54, 1.807) is 42.5 Å². The van der Waals surface area contributed by atoms with Gasteiger partial charge in [-0.3, -0.25) is 14.3 Å². The Kier molecular flexibility index (Phi) is 19.8. The first-order valence-electron chi connectivity index (χ1n) is 23.6. The normalized spacial score (nSPS) is 17.6. The molecule has 0 bridgehead atoms. The zero-order chi connectivity index (χ0) is 47.6. The number of benzene rings is 2. The Bertz CT molecular complexity index is 2430. The van der Waals surface area contributed by atoms with E-state index >= 15 is 0 Å². The summed E-state index contributed by atoms with van der Waals surface area (Å²) in [7, 11) is 0. The van der Waals surface area contributed by atoms with E-state index in [2.05, 4.69) is 94.6 Å². The first kappa shape index (κ1) is 51.3. The fourth-order valence-corrected chi connectivity index (χ4v) is 8.92. The molecule has 0 unspecified atom stereocenters. The highest BCUT2D eigenvalue weighted by molar-refractivity contribution is 6.39. The van der Waals surface area contributed by atoms with E-state index in [4.69, 9.17) is 44.1 Å². The van der Waals surface area contributed by atoms with Crippen LogP contribution < -0.4 is 15.4 Å². The first-order valence-corrected chi connectivity index (χ1v) is 24.7. The highest BCUT2D eigenvalue weighted by Gasteiger charge is 2.47. The molecule has 4 aromatic rings. The van der Waals surface area contributed by atoms with Crippen LogP contribution in [0.25, 0.3) is 11.3 Å². The molecule has 2 aromatic carbocycles. The maximum absolute atomic E-state index is 13.2. The molecule has 0 spiro atoms. The summed E-state index contributed by atoms with van der Waals surface area (Å²) >= 11 is 19.9. The largest absolute Gasteiger partial charge is 0.489 e. The minimum atomic E-state index is -1.17. The Morgan fingerprint density at radius 3 is 2.00 bits per heavy atom. The minimum Gasteiger partial charge on any atom is -0.489 e. The van der Waals surface area contributed by atoms with Crippen LogP contribution in [0, 0.1) is 0 Å². The second kappa shape index (κ2) is 25.9. The Morgan fingerprint density at radius 2 is 1.42 bits per heavy atom. The summed E-state index contributed by atoms with van der Waals surface area (Å²) in [5.74, 6) is 1.15. The second-order valence-electron chi connectivity index (χ2n) is 17.4. The molecule has 2 aliphatic rings. The van der Waals surface area contributed by atoms with Crippen LogP contribution in [0.3, 0.4) is 0 Å². The van der Waals surface area contributed by atoms with E-state index in [0.29, 0.717) is 75.6 Å². The van der Waals surface area contributed by atoms with Gasteiger partial charge in [0.15, 0.2) is 0 Å². The van der Waals surface area contributed by atoms with Crippen molar-refractivity contribution >= 4 is 46.6 Å². The number of amides is 2. The first-order chi connectivity index (χ1) is 32.5. The fraction of sp³-hybridized carbons (Fsp3) is 0.407. The van der Waals surface area contributed by atoms with Gasteiger partial charge < -0.3 is 25.0 Å². The molecule has 10 nitrogen and oxygen atoms in total. The summed E-state index contributed by atoms with van der Waals surface area (Å²) < 4.78 is 13.9. The second-order valence-corrected chi connectivity index (χ2v) is 18.6. The van der Waals surface area contributed by atoms with Crippen molar-refractivity contribution in [1.29, 1.82) is 0 Å². The van der Waals surface area contributed by atoms with Gasteiger partial charge in [0.1, 0.15) is 29.5 Å². The number of nitrogens with one attached hydrogen (secondary N) is 2. The number of nitrogens with zero attached hydrogens (tertiary/aromatic N) is 3. The van der Waals surface area contributed by atoms with E-state index in [1.807, 2.05) is 24.6 Å². The lowest BCUT2D eigenvalue weighted by Gasteiger charge is -2.44. The Balaban J connectivity index is 0.892. The van der Waals surface area contributed by atoms with Gasteiger partial charge >= 0.3 is 0 Å². The lowest BCUT2D eigenvalue weighted by atomic mass is 9.66. The Morgan fingerprint density at radius 1 is 0.821 bits per heavy atom. The van der Waals surface area contributed by atoms with Crippen molar-refractivity contribution in [2.75, 3.05) is 13.1 Å². The molecule has 2 aliphatic carbocycles. The summed E-state index contributed by atoms with van der Waals surface area (Å²) in [6, 6.07) is 12.4. The predicted molar refractivity (Wildman–Crippen MR) is 271 cm³/mol. The third-order valence-corrected chi connectivity index (χ3v) is 12.7. The van der Waals surface area contributed by atoms with Gasteiger partial charge in [0.25, 0.3) is 5.91 Å². The smallest absolute Gasteiger partial charge is 0.271 e. The molecule has 356 valence electrons. The van der Waals surface area contributed by atoms with Crippen molar-refractivity contribution in [2.45, 2.75) is 128 Å². The van der Waals surface area contributed by atoms with E-state index in [9.17, 15) is 14.7 Å². The number of aromatic nitrogens is 3. The minimum absolute atomic E-state index is 0.00831. The van der Waals surface area contributed by atoms with Gasteiger partial charge in [0.2, 0.25) is 5.91 Å². The van der Waals surface area contributed by atoms with E-state index < -0.39 is 5.60 Å². The number of allylic oxidation sites excluding steroid dienone is 12. The molecule has 2 aromatic heterocycles. The Hall–Kier alpha value is -5.13. The SMILES string of the molecule is CCC=CCC=CCC=CCC=CCC=CCC=CCCC(=O)NCCNC(=O)c1cc(C2CC(O)(c3ccc(OCc4c(-c5c(Cl)cccc5Cl)noc4C4CC4)cc3Cl)C2)n(C(C)C)n1. The molecular formula is C54H64Cl3N5O5. The average molecular weight is 969 g/mol. The van der Waals surface area contributed by atoms with Crippen LogP contribution in [0.5, 0.6) is 5.75 Å². The molecule has 0 saturated heterocycles. The van der Waals surface area contributed by atoms with Gasteiger partial charge in [-0.1, -0.05) is 132 Å². The molecule has 67 heavy (non-hydrogen) atoms. The molecule has 0 aliphatic heterocycles. The van der Waals surface area contributed by atoms with Gasteiger partial charge in [-0.25, -0.2) is 0 Å². The van der Waals surface area contributed by atoms with Crippen molar-refractivity contribution in [1.82, 2.24) is 25.6 Å². The van der Waals surface area contributed by atoms with Crippen LogP contribution in [0.15, 0.2) is 120 Å². The van der Waals surface area contributed by atoms with Crippen LogP contribution in [0.4, 0.5) is 0 Å². The lowest BCUT2D eigenvalue weighted by molar-refractivity contribution is -0.120. The van der Waals surface area contributed by atoms with Crippen molar-refractivity contribution in [3.8, 4) is 17.0 Å². The molecule has 2 amide bonds. The van der Waals surface area contributed by atoms with Gasteiger partial charge in [0, 0.05) is 54.2 Å². The predicted octanol–water partition coefficient (Wildman–Crippen LogP) is 13.6. The summed E-state index contributed by atoms with van der Waals surface area (Å²) in [5, 5.41) is 27.8. The average Bonchev–Trinajstić information content (AvgIpc) is 3.90. The lowest BCUT2D eigenvalue weighted by Crippen LogP contribution is -2.41. The number of ether oxygens (including phenoxy) is 1. The highest BCUT2D eigenvalue weighted by atomic mass is 35.5. The topological polar surface area (TPSA) is 132 Å². The summed E-state index contributed by atoms with van der Waals surface area (Å²) in [5.41, 5.74) is 2.57.